The van der Waals surface area contributed by atoms with Crippen LogP contribution in [0.5, 0.6) is 0 Å². The Bertz CT molecular complexity index is 583. The number of ether oxygens (including phenoxy) is 1. The third kappa shape index (κ3) is 5.57. The first-order valence-corrected chi connectivity index (χ1v) is 7.64. The van der Waals surface area contributed by atoms with E-state index in [4.69, 9.17) is 16.3 Å². The molecule has 0 heterocycles. The van der Waals surface area contributed by atoms with Crippen LogP contribution in [0.25, 0.3) is 5.57 Å². The van der Waals surface area contributed by atoms with Gasteiger partial charge in [-0.25, -0.2) is 4.79 Å². The zero-order valence-corrected chi connectivity index (χ0v) is 14.6. The Labute approximate surface area is 138 Å². The van der Waals surface area contributed by atoms with E-state index < -0.39 is 11.7 Å². The largest absolute Gasteiger partial charge is 0.444 e. The second kappa shape index (κ2) is 7.50. The fourth-order valence-electron chi connectivity index (χ4n) is 2.00. The molecule has 1 N–H and O–H groups in total. The summed E-state index contributed by atoms with van der Waals surface area (Å²) in [7, 11) is 0. The van der Waals surface area contributed by atoms with Crippen LogP contribution >= 0.6 is 11.6 Å². The molecule has 1 amide bonds. The number of benzene rings is 1. The van der Waals surface area contributed by atoms with Crippen LogP contribution in [0, 0.1) is 5.92 Å². The van der Waals surface area contributed by atoms with Crippen molar-refractivity contribution in [2.75, 3.05) is 5.32 Å². The van der Waals surface area contributed by atoms with E-state index >= 15 is 0 Å². The van der Waals surface area contributed by atoms with Gasteiger partial charge in [-0.1, -0.05) is 44.2 Å². The summed E-state index contributed by atoms with van der Waals surface area (Å²) in [5.74, 6) is 0.260. The van der Waals surface area contributed by atoms with Gasteiger partial charge in [-0.2, -0.15) is 0 Å². The minimum atomic E-state index is -0.547. The van der Waals surface area contributed by atoms with Gasteiger partial charge in [0.25, 0.3) is 0 Å². The van der Waals surface area contributed by atoms with Crippen molar-refractivity contribution < 1.29 is 9.53 Å². The lowest BCUT2D eigenvalue weighted by molar-refractivity contribution is 0.0636. The average Bonchev–Trinajstić information content (AvgIpc) is 2.35. The monoisotopic (exact) mass is 321 g/mol. The molecule has 4 heteroatoms. The van der Waals surface area contributed by atoms with Crippen molar-refractivity contribution in [1.82, 2.24) is 0 Å². The van der Waals surface area contributed by atoms with Gasteiger partial charge in [0.05, 0.1) is 5.69 Å². The van der Waals surface area contributed by atoms with Crippen LogP contribution in [-0.4, -0.2) is 11.7 Å². The van der Waals surface area contributed by atoms with Crippen molar-refractivity contribution in [3.05, 3.63) is 47.5 Å². The van der Waals surface area contributed by atoms with Gasteiger partial charge in [-0.15, -0.1) is 0 Å². The molecule has 1 aromatic carbocycles. The van der Waals surface area contributed by atoms with Crippen LogP contribution in [0.4, 0.5) is 10.5 Å². The molecule has 0 aromatic heterocycles. The number of halogens is 1. The third-order valence-electron chi connectivity index (χ3n) is 2.85. The first-order chi connectivity index (χ1) is 10.1. The average molecular weight is 322 g/mol. The van der Waals surface area contributed by atoms with Gasteiger partial charge in [-0.05, 0) is 50.5 Å². The zero-order chi connectivity index (χ0) is 16.9. The van der Waals surface area contributed by atoms with Crippen molar-refractivity contribution in [1.29, 1.82) is 0 Å². The van der Waals surface area contributed by atoms with Gasteiger partial charge < -0.3 is 4.74 Å². The number of allylic oxidation sites excluding steroid dienone is 3. The second-order valence-electron chi connectivity index (χ2n) is 6.33. The SMILES string of the molecule is C=CC=C(c1cc(Cl)ccc1NC(=O)OC(C)(C)C)C(C)C. The van der Waals surface area contributed by atoms with Crippen molar-refractivity contribution in [3.63, 3.8) is 0 Å². The fraction of sp³-hybridized carbons (Fsp3) is 0.389. The number of carbonyl (C=O) groups excluding carboxylic acids is 1. The molecule has 3 nitrogen and oxygen atoms in total. The molecule has 0 spiro atoms. The molecule has 0 saturated carbocycles. The Morgan fingerprint density at radius 2 is 2.00 bits per heavy atom. The smallest absolute Gasteiger partial charge is 0.412 e. The van der Waals surface area contributed by atoms with Crippen LogP contribution < -0.4 is 5.32 Å². The molecule has 0 aliphatic rings. The molecule has 0 radical (unpaired) electrons. The highest BCUT2D eigenvalue weighted by Gasteiger charge is 2.18. The summed E-state index contributed by atoms with van der Waals surface area (Å²) in [5, 5.41) is 3.40. The van der Waals surface area contributed by atoms with Crippen molar-refractivity contribution in [2.45, 2.75) is 40.2 Å². The fourth-order valence-corrected chi connectivity index (χ4v) is 2.17. The molecule has 1 rings (SSSR count). The molecule has 0 fully saturated rings. The molecule has 0 aliphatic heterocycles. The maximum atomic E-state index is 12.0. The lowest BCUT2D eigenvalue weighted by Crippen LogP contribution is -2.27. The Hall–Kier alpha value is -1.74. The molecular formula is C18H24ClNO2. The first kappa shape index (κ1) is 18.3. The zero-order valence-electron chi connectivity index (χ0n) is 13.9. The van der Waals surface area contributed by atoms with Crippen LogP contribution in [0.2, 0.25) is 5.02 Å². The van der Waals surface area contributed by atoms with E-state index in [2.05, 4.69) is 25.7 Å². The number of anilines is 1. The van der Waals surface area contributed by atoms with Gasteiger partial charge in [0.1, 0.15) is 5.60 Å². The predicted octanol–water partition coefficient (Wildman–Crippen LogP) is 5.91. The second-order valence-corrected chi connectivity index (χ2v) is 6.77. The summed E-state index contributed by atoms with van der Waals surface area (Å²) in [6.07, 6.45) is 3.17. The van der Waals surface area contributed by atoms with E-state index in [1.807, 2.05) is 32.9 Å². The Morgan fingerprint density at radius 3 is 2.50 bits per heavy atom. The number of carbonyl (C=O) groups is 1. The number of hydrogen-bond acceptors (Lipinski definition) is 2. The Balaban J connectivity index is 3.18. The summed E-state index contributed by atoms with van der Waals surface area (Å²) in [6, 6.07) is 5.36. The van der Waals surface area contributed by atoms with Gasteiger partial charge in [0, 0.05) is 10.6 Å². The summed E-state index contributed by atoms with van der Waals surface area (Å²) in [5.41, 5.74) is 2.03. The quantitative estimate of drug-likeness (QED) is 0.700. The highest BCUT2D eigenvalue weighted by Crippen LogP contribution is 2.32. The van der Waals surface area contributed by atoms with E-state index in [0.717, 1.165) is 11.1 Å². The van der Waals surface area contributed by atoms with Crippen LogP contribution in [0.3, 0.4) is 0 Å². The molecule has 0 saturated heterocycles. The maximum absolute atomic E-state index is 12.0. The lowest BCUT2D eigenvalue weighted by atomic mass is 9.93. The molecule has 0 atom stereocenters. The van der Waals surface area contributed by atoms with Crippen LogP contribution in [-0.2, 0) is 4.74 Å². The number of hydrogen-bond donors (Lipinski definition) is 1. The van der Waals surface area contributed by atoms with E-state index in [1.54, 1.807) is 18.2 Å². The van der Waals surface area contributed by atoms with E-state index in [-0.39, 0.29) is 5.92 Å². The summed E-state index contributed by atoms with van der Waals surface area (Å²) in [4.78, 5) is 12.0. The Morgan fingerprint density at radius 1 is 1.36 bits per heavy atom. The standard InChI is InChI=1S/C18H24ClNO2/c1-7-8-14(12(2)3)15-11-13(19)9-10-16(15)20-17(21)22-18(4,5)6/h7-12H,1H2,2-6H3,(H,20,21). The predicted molar refractivity (Wildman–Crippen MR) is 94.3 cm³/mol. The van der Waals surface area contributed by atoms with Gasteiger partial charge >= 0.3 is 6.09 Å². The highest BCUT2D eigenvalue weighted by molar-refractivity contribution is 6.31. The maximum Gasteiger partial charge on any atom is 0.412 e. The van der Waals surface area contributed by atoms with Crippen LogP contribution in [0.1, 0.15) is 40.2 Å². The minimum absolute atomic E-state index is 0.260. The third-order valence-corrected chi connectivity index (χ3v) is 3.08. The Kier molecular flexibility index (Phi) is 6.24. The van der Waals surface area contributed by atoms with Crippen molar-refractivity contribution >= 4 is 29.0 Å². The van der Waals surface area contributed by atoms with Gasteiger partial charge in [-0.3, -0.25) is 5.32 Å². The summed E-state index contributed by atoms with van der Waals surface area (Å²) < 4.78 is 5.30. The molecule has 0 bridgehead atoms. The van der Waals surface area contributed by atoms with Crippen LogP contribution in [0.15, 0.2) is 36.9 Å². The number of nitrogens with one attached hydrogen (secondary N) is 1. The summed E-state index contributed by atoms with van der Waals surface area (Å²) in [6.45, 7) is 13.4. The van der Waals surface area contributed by atoms with E-state index in [9.17, 15) is 4.79 Å². The van der Waals surface area contributed by atoms with Gasteiger partial charge in [0.15, 0.2) is 0 Å². The summed E-state index contributed by atoms with van der Waals surface area (Å²) >= 11 is 6.11. The minimum Gasteiger partial charge on any atom is -0.444 e. The molecular weight excluding hydrogens is 298 g/mol. The van der Waals surface area contributed by atoms with Crippen molar-refractivity contribution in [2.24, 2.45) is 5.92 Å². The molecule has 1 aromatic rings. The molecule has 120 valence electrons. The van der Waals surface area contributed by atoms with E-state index in [1.165, 1.54) is 0 Å². The molecule has 22 heavy (non-hydrogen) atoms. The topological polar surface area (TPSA) is 38.3 Å². The van der Waals surface area contributed by atoms with E-state index in [0.29, 0.717) is 10.7 Å². The molecule has 0 aliphatic carbocycles. The van der Waals surface area contributed by atoms with Gasteiger partial charge in [0.2, 0.25) is 0 Å². The number of amides is 1. The molecule has 0 unspecified atom stereocenters. The normalized spacial score (nSPS) is 12.2. The van der Waals surface area contributed by atoms with Crippen molar-refractivity contribution in [3.8, 4) is 0 Å². The number of rotatable bonds is 4. The lowest BCUT2D eigenvalue weighted by Gasteiger charge is -2.21. The highest BCUT2D eigenvalue weighted by atomic mass is 35.5. The first-order valence-electron chi connectivity index (χ1n) is 7.26.